The maximum absolute atomic E-state index is 11.7. The Balaban J connectivity index is 1.95. The zero-order valence-corrected chi connectivity index (χ0v) is 9.64. The van der Waals surface area contributed by atoms with Crippen LogP contribution < -0.4 is 15.4 Å². The van der Waals surface area contributed by atoms with Crippen LogP contribution in [0.25, 0.3) is 0 Å². The fraction of sp³-hybridized carbons (Fsp3) is 0.417. The zero-order valence-electron chi connectivity index (χ0n) is 9.64. The minimum atomic E-state index is -0.553. The highest BCUT2D eigenvalue weighted by molar-refractivity contribution is 5.83. The number of para-hydroxylation sites is 2. The summed E-state index contributed by atoms with van der Waals surface area (Å²) in [5.74, 6) is 0.462. The largest absolute Gasteiger partial charge is 0.477 e. The fourth-order valence-electron chi connectivity index (χ4n) is 1.62. The predicted octanol–water partition coefficient (Wildman–Crippen LogP) is 0.356. The van der Waals surface area contributed by atoms with Gasteiger partial charge in [0.25, 0.3) is 5.91 Å². The minimum absolute atomic E-state index is 0.215. The summed E-state index contributed by atoms with van der Waals surface area (Å²) >= 11 is 0. The van der Waals surface area contributed by atoms with E-state index in [4.69, 9.17) is 9.84 Å². The van der Waals surface area contributed by atoms with Crippen LogP contribution in [-0.2, 0) is 4.79 Å². The molecule has 3 N–H and O–H groups in total. The van der Waals surface area contributed by atoms with E-state index in [0.717, 1.165) is 5.69 Å². The maximum Gasteiger partial charge on any atom is 0.263 e. The molecule has 2 atom stereocenters. The molecule has 0 spiro atoms. The van der Waals surface area contributed by atoms with Crippen molar-refractivity contribution in [3.63, 3.8) is 0 Å². The van der Waals surface area contributed by atoms with Gasteiger partial charge in [-0.2, -0.15) is 0 Å². The van der Waals surface area contributed by atoms with Crippen molar-refractivity contribution in [3.8, 4) is 5.75 Å². The molecule has 5 nitrogen and oxygen atoms in total. The lowest BCUT2D eigenvalue weighted by Gasteiger charge is -2.26. The average Bonchev–Trinajstić information content (AvgIpc) is 2.35. The molecule has 0 aromatic heterocycles. The van der Waals surface area contributed by atoms with Crippen LogP contribution in [0, 0.1) is 0 Å². The van der Waals surface area contributed by atoms with Crippen molar-refractivity contribution in [2.75, 3.05) is 18.4 Å². The average molecular weight is 236 g/mol. The molecule has 2 rings (SSSR count). The van der Waals surface area contributed by atoms with Crippen molar-refractivity contribution >= 4 is 11.6 Å². The first-order chi connectivity index (χ1) is 8.16. The van der Waals surface area contributed by atoms with Crippen LogP contribution in [0.15, 0.2) is 24.3 Å². The number of anilines is 1. The molecule has 0 radical (unpaired) electrons. The summed E-state index contributed by atoms with van der Waals surface area (Å²) in [7, 11) is 0. The maximum atomic E-state index is 11.7. The summed E-state index contributed by atoms with van der Waals surface area (Å²) in [5, 5.41) is 14.8. The molecule has 0 saturated heterocycles. The van der Waals surface area contributed by atoms with Crippen molar-refractivity contribution in [2.45, 2.75) is 19.1 Å². The highest BCUT2D eigenvalue weighted by Crippen LogP contribution is 2.27. The number of aliphatic hydroxyl groups is 1. The smallest absolute Gasteiger partial charge is 0.263 e. The van der Waals surface area contributed by atoms with E-state index in [1.165, 1.54) is 0 Å². The molecule has 0 fully saturated rings. The molecule has 92 valence electrons. The Morgan fingerprint density at radius 2 is 2.41 bits per heavy atom. The summed E-state index contributed by atoms with van der Waals surface area (Å²) in [4.78, 5) is 11.7. The van der Waals surface area contributed by atoms with E-state index in [0.29, 0.717) is 12.3 Å². The minimum Gasteiger partial charge on any atom is -0.477 e. The van der Waals surface area contributed by atoms with Gasteiger partial charge in [-0.3, -0.25) is 4.79 Å². The summed E-state index contributed by atoms with van der Waals surface area (Å²) in [5.41, 5.74) is 0.895. The van der Waals surface area contributed by atoms with Crippen LogP contribution >= 0.6 is 0 Å². The first-order valence-corrected chi connectivity index (χ1v) is 5.62. The molecule has 0 aliphatic carbocycles. The van der Waals surface area contributed by atoms with Crippen LogP contribution in [0.5, 0.6) is 5.75 Å². The standard InChI is InChI=1S/C12H16N2O3/c1-8(15)6-14-12(16)11-7-13-9-4-2-3-5-10(9)17-11/h2-5,8,11,13,15H,6-7H2,1H3,(H,14,16). The number of fused-ring (bicyclic) bond motifs is 1. The number of aliphatic hydroxyl groups excluding tert-OH is 1. The van der Waals surface area contributed by atoms with Gasteiger partial charge < -0.3 is 20.5 Å². The van der Waals surface area contributed by atoms with E-state index in [1.807, 2.05) is 24.3 Å². The van der Waals surface area contributed by atoms with Crippen LogP contribution in [-0.4, -0.2) is 36.3 Å². The third-order valence-corrected chi connectivity index (χ3v) is 2.50. The molecular formula is C12H16N2O3. The Morgan fingerprint density at radius 1 is 1.65 bits per heavy atom. The van der Waals surface area contributed by atoms with Gasteiger partial charge in [0, 0.05) is 6.54 Å². The SMILES string of the molecule is CC(O)CNC(=O)C1CNc2ccccc2O1. The van der Waals surface area contributed by atoms with Crippen molar-refractivity contribution < 1.29 is 14.6 Å². The van der Waals surface area contributed by atoms with Crippen LogP contribution in [0.2, 0.25) is 0 Å². The zero-order chi connectivity index (χ0) is 12.3. The van der Waals surface area contributed by atoms with Gasteiger partial charge in [0.15, 0.2) is 6.10 Å². The Bertz CT molecular complexity index is 406. The highest BCUT2D eigenvalue weighted by atomic mass is 16.5. The third-order valence-electron chi connectivity index (χ3n) is 2.50. The number of benzene rings is 1. The van der Waals surface area contributed by atoms with Crippen molar-refractivity contribution in [2.24, 2.45) is 0 Å². The van der Waals surface area contributed by atoms with E-state index in [9.17, 15) is 4.79 Å². The number of amides is 1. The van der Waals surface area contributed by atoms with Crippen molar-refractivity contribution in [1.29, 1.82) is 0 Å². The van der Waals surface area contributed by atoms with E-state index in [2.05, 4.69) is 10.6 Å². The fourth-order valence-corrected chi connectivity index (χ4v) is 1.62. The molecule has 0 bridgehead atoms. The monoisotopic (exact) mass is 236 g/mol. The van der Waals surface area contributed by atoms with Gasteiger partial charge >= 0.3 is 0 Å². The molecule has 17 heavy (non-hydrogen) atoms. The van der Waals surface area contributed by atoms with Gasteiger partial charge in [0.05, 0.1) is 18.3 Å². The molecule has 2 unspecified atom stereocenters. The van der Waals surface area contributed by atoms with Crippen LogP contribution in [0.1, 0.15) is 6.92 Å². The van der Waals surface area contributed by atoms with Gasteiger partial charge in [-0.15, -0.1) is 0 Å². The number of ether oxygens (including phenoxy) is 1. The number of rotatable bonds is 3. The van der Waals surface area contributed by atoms with Gasteiger partial charge in [-0.25, -0.2) is 0 Å². The molecule has 1 amide bonds. The molecule has 1 aromatic carbocycles. The molecule has 5 heteroatoms. The Morgan fingerprint density at radius 3 is 3.18 bits per heavy atom. The highest BCUT2D eigenvalue weighted by Gasteiger charge is 2.25. The summed E-state index contributed by atoms with van der Waals surface area (Å²) in [6.45, 7) is 2.29. The summed E-state index contributed by atoms with van der Waals surface area (Å²) in [6.07, 6.45) is -1.11. The van der Waals surface area contributed by atoms with Gasteiger partial charge in [-0.05, 0) is 19.1 Å². The molecule has 1 aliphatic rings. The Kier molecular flexibility index (Phi) is 3.49. The second-order valence-electron chi connectivity index (χ2n) is 4.08. The normalized spacial score (nSPS) is 19.5. The molecule has 1 aliphatic heterocycles. The quantitative estimate of drug-likeness (QED) is 0.708. The number of hydrogen-bond acceptors (Lipinski definition) is 4. The number of carbonyl (C=O) groups excluding carboxylic acids is 1. The van der Waals surface area contributed by atoms with Gasteiger partial charge in [0.2, 0.25) is 0 Å². The number of carbonyl (C=O) groups is 1. The number of hydrogen-bond donors (Lipinski definition) is 3. The third kappa shape index (κ3) is 2.88. The lowest BCUT2D eigenvalue weighted by Crippen LogP contribution is -2.46. The van der Waals surface area contributed by atoms with Gasteiger partial charge in [-0.1, -0.05) is 12.1 Å². The van der Waals surface area contributed by atoms with Gasteiger partial charge in [0.1, 0.15) is 5.75 Å². The molecular weight excluding hydrogens is 220 g/mol. The molecule has 0 saturated carbocycles. The first-order valence-electron chi connectivity index (χ1n) is 5.62. The topological polar surface area (TPSA) is 70.6 Å². The van der Waals surface area contributed by atoms with Crippen LogP contribution in [0.4, 0.5) is 5.69 Å². The second kappa shape index (κ2) is 5.05. The molecule has 1 aromatic rings. The second-order valence-corrected chi connectivity index (χ2v) is 4.08. The predicted molar refractivity (Wildman–Crippen MR) is 64.0 cm³/mol. The van der Waals surface area contributed by atoms with E-state index < -0.39 is 12.2 Å². The summed E-state index contributed by atoms with van der Waals surface area (Å²) in [6, 6.07) is 7.48. The Hall–Kier alpha value is -1.75. The molecule has 1 heterocycles. The van der Waals surface area contributed by atoms with Crippen molar-refractivity contribution in [3.05, 3.63) is 24.3 Å². The number of nitrogens with one attached hydrogen (secondary N) is 2. The summed E-state index contributed by atoms with van der Waals surface area (Å²) < 4.78 is 5.57. The first kappa shape index (κ1) is 11.7. The lowest BCUT2D eigenvalue weighted by molar-refractivity contribution is -0.128. The van der Waals surface area contributed by atoms with E-state index in [-0.39, 0.29) is 12.5 Å². The van der Waals surface area contributed by atoms with Crippen molar-refractivity contribution in [1.82, 2.24) is 5.32 Å². The van der Waals surface area contributed by atoms with Crippen LogP contribution in [0.3, 0.4) is 0 Å². The van der Waals surface area contributed by atoms with E-state index in [1.54, 1.807) is 6.92 Å². The Labute approximate surface area is 99.8 Å². The van der Waals surface area contributed by atoms with E-state index >= 15 is 0 Å². The lowest BCUT2D eigenvalue weighted by atomic mass is 10.2.